The zero-order chi connectivity index (χ0) is 60.7. The average molecular weight is 1160 g/mol. The molecule has 22 heteroatoms. The summed E-state index contributed by atoms with van der Waals surface area (Å²) < 4.78 is 34.1. The van der Waals surface area contributed by atoms with Gasteiger partial charge in [-0.25, -0.2) is 33.1 Å². The molecule has 2 aromatic rings. The van der Waals surface area contributed by atoms with E-state index in [-0.39, 0.29) is 55.6 Å². The first-order chi connectivity index (χ1) is 39.4. The molecule has 6 heterocycles. The maximum absolute atomic E-state index is 14.9. The van der Waals surface area contributed by atoms with Crippen LogP contribution in [0.4, 0.5) is 0 Å². The van der Waals surface area contributed by atoms with E-state index in [1.54, 1.807) is 89.3 Å². The molecule has 0 radical (unpaired) electrons. The van der Waals surface area contributed by atoms with Crippen molar-refractivity contribution < 1.29 is 72.9 Å². The minimum absolute atomic E-state index is 0.0162. The van der Waals surface area contributed by atoms with Crippen LogP contribution in [0.25, 0.3) is 5.69 Å². The van der Waals surface area contributed by atoms with Crippen molar-refractivity contribution in [3.63, 3.8) is 0 Å². The first kappa shape index (κ1) is 64.7. The van der Waals surface area contributed by atoms with Gasteiger partial charge in [0.1, 0.15) is 29.9 Å². The highest BCUT2D eigenvalue weighted by Crippen LogP contribution is 2.40. The van der Waals surface area contributed by atoms with E-state index >= 15 is 0 Å². The van der Waals surface area contributed by atoms with Crippen LogP contribution < -0.4 is 11.4 Å². The van der Waals surface area contributed by atoms with Gasteiger partial charge in [0.2, 0.25) is 12.4 Å². The van der Waals surface area contributed by atoms with Gasteiger partial charge >= 0.3 is 23.3 Å². The van der Waals surface area contributed by atoms with Crippen molar-refractivity contribution >= 4 is 35.1 Å². The van der Waals surface area contributed by atoms with E-state index < -0.39 is 131 Å². The largest absolute Gasteiger partial charge is 0.479 e. The summed E-state index contributed by atoms with van der Waals surface area (Å²) in [6, 6.07) is 6.41. The Bertz CT molecular complexity index is 2880. The van der Waals surface area contributed by atoms with Crippen molar-refractivity contribution in [2.45, 2.75) is 192 Å². The molecule has 1 aromatic heterocycles. The number of ether oxygens (including phenoxy) is 5. The molecule has 5 aliphatic heterocycles. The van der Waals surface area contributed by atoms with E-state index in [4.69, 9.17) is 28.5 Å². The van der Waals surface area contributed by atoms with Crippen LogP contribution in [0.1, 0.15) is 132 Å². The number of fused-ring (bicyclic) bond motifs is 15. The number of hydrogen-bond donors (Lipinski definition) is 4. The second kappa shape index (κ2) is 27.9. The molecule has 1 saturated carbocycles. The van der Waals surface area contributed by atoms with Crippen LogP contribution in [0.2, 0.25) is 0 Å². The predicted molar refractivity (Wildman–Crippen MR) is 304 cm³/mol. The summed E-state index contributed by atoms with van der Waals surface area (Å²) in [5, 5.41) is 48.8. The lowest BCUT2D eigenvalue weighted by Crippen LogP contribution is -2.61. The highest BCUT2D eigenvalue weighted by atomic mass is 16.6. The van der Waals surface area contributed by atoms with Gasteiger partial charge < -0.3 is 53.8 Å². The molecule has 1 amide bonds. The number of rotatable bonds is 10. The summed E-state index contributed by atoms with van der Waals surface area (Å²) in [7, 11) is 4.31. The molecular formula is C61H87N5O17. The van der Waals surface area contributed by atoms with Crippen molar-refractivity contribution in [3.05, 3.63) is 87.3 Å². The minimum atomic E-state index is -2.65. The third kappa shape index (κ3) is 14.3. The molecule has 2 saturated heterocycles. The van der Waals surface area contributed by atoms with Gasteiger partial charge in [-0.3, -0.25) is 14.4 Å². The first-order valence-corrected chi connectivity index (χ1v) is 29.3. The number of amides is 1. The van der Waals surface area contributed by atoms with Gasteiger partial charge in [0.05, 0.1) is 41.9 Å². The third-order valence-corrected chi connectivity index (χ3v) is 18.0. The van der Waals surface area contributed by atoms with Crippen LogP contribution in [0.5, 0.6) is 0 Å². The topological polar surface area (TPSA) is 286 Å². The fourth-order valence-electron chi connectivity index (χ4n) is 13.0. The van der Waals surface area contributed by atoms with Gasteiger partial charge in [0.25, 0.3) is 11.7 Å². The molecule has 17 atom stereocenters. The maximum atomic E-state index is 14.9. The lowest BCUT2D eigenvalue weighted by Gasteiger charge is -2.45. The number of piperidine rings is 1. The number of Topliss-reactive ketones (excluding diaryl/α,β-unsaturated/α-hetero) is 2. The Hall–Kier alpha value is -5.88. The SMILES string of the molecule is CO[C@H]1C[C@@H]2CC[C@@H](C)[C@@](O)(O2)C(=O)C(=O)N2CCCC[C@H]2C(=O)O[C@H]([C@H](C)C[C@@H]2CC[C@@H](O)[C@H](OC)C2)C/C(=N/OCC(=O)O)[C@H](C)/C=C(\C)[C@@H](O)[C@@H](OC)C(=O)[C@H](C)C[C@H](C)/C=C/C2C=CC1(C)n1c(=O)n(-c3ccccc3)c(=O)n12. The summed E-state index contributed by atoms with van der Waals surface area (Å²) >= 11 is 0. The zero-order valence-corrected chi connectivity index (χ0v) is 49.7. The van der Waals surface area contributed by atoms with Crippen molar-refractivity contribution in [1.82, 2.24) is 18.8 Å². The lowest BCUT2D eigenvalue weighted by molar-refractivity contribution is -0.267. The molecule has 1 aromatic carbocycles. The van der Waals surface area contributed by atoms with Crippen LogP contribution in [0.3, 0.4) is 0 Å². The smallest absolute Gasteiger partial charge is 0.352 e. The van der Waals surface area contributed by atoms with Crippen LogP contribution >= 0.6 is 0 Å². The Balaban J connectivity index is 1.31. The number of carboxylic acids is 1. The standard InChI is InChI=1S/C61H87N5O17/c1-35-19-22-43-25-26-60(7,66-59(76)64(58(75)65(43)66)42-16-12-11-13-17-42)50(79-9)32-44-23-20-40(6)61(77,83-44)55(72)56(73)63-27-15-14-18-46(63)57(74)82-48(37(3)30-41-21-24-47(67)49(31-41)78-8)33-45(62-81-34-51(68)69)36(2)29-39(5)53(71)54(80-10)52(70)38(4)28-35/h11-13,16-17,19,22,25-26,29,35-38,40-41,43-44,46-50,53-54,67,71,77H,14-15,18,20-21,23-24,27-28,30-34H2,1-10H3,(H,68,69)/b22-19+,39-29+,62-45-/t35-,36-,37-,38-,40-,41+,43?,44+,46+,47-,48+,49-,50+,53-,54+,60?,61-/m1/s1. The van der Waals surface area contributed by atoms with Crippen molar-refractivity contribution in [3.8, 4) is 5.69 Å². The number of carbonyl (C=O) groups excluding carboxylic acids is 4. The van der Waals surface area contributed by atoms with E-state index in [1.165, 1.54) is 30.7 Å². The van der Waals surface area contributed by atoms with Crippen molar-refractivity contribution in [1.29, 1.82) is 0 Å². The fraction of sp³-hybridized carbons (Fsp3) is 0.672. The molecule has 8 rings (SSSR count). The monoisotopic (exact) mass is 1160 g/mol. The number of aliphatic carboxylic acids is 1. The third-order valence-electron chi connectivity index (χ3n) is 18.0. The Labute approximate surface area is 485 Å². The number of carboxylic acid groups (broad SMARTS) is 1. The van der Waals surface area contributed by atoms with Gasteiger partial charge in [-0.1, -0.05) is 88.4 Å². The number of oxime groups is 1. The molecule has 4 bridgehead atoms. The molecule has 0 spiro atoms. The van der Waals surface area contributed by atoms with Crippen molar-refractivity contribution in [2.75, 3.05) is 34.5 Å². The molecule has 4 N–H and O–H groups in total. The van der Waals surface area contributed by atoms with Gasteiger partial charge in [-0.15, -0.1) is 0 Å². The number of hydrogen-bond acceptors (Lipinski definition) is 17. The Morgan fingerprint density at radius 3 is 2.27 bits per heavy atom. The van der Waals surface area contributed by atoms with Crippen LogP contribution in [0.15, 0.2) is 81.0 Å². The number of methoxy groups -OCH3 is 3. The number of benzene rings is 1. The molecule has 22 nitrogen and oxygen atoms in total. The summed E-state index contributed by atoms with van der Waals surface area (Å²) in [4.78, 5) is 106. The molecule has 83 heavy (non-hydrogen) atoms. The van der Waals surface area contributed by atoms with Crippen LogP contribution in [0, 0.1) is 35.5 Å². The summed E-state index contributed by atoms with van der Waals surface area (Å²) in [5.41, 5.74) is -1.81. The number of ketones is 2. The second-order valence-corrected chi connectivity index (χ2v) is 24.0. The van der Waals surface area contributed by atoms with Crippen LogP contribution in [-0.4, -0.2) is 163 Å². The molecule has 1 aliphatic carbocycles. The van der Waals surface area contributed by atoms with Gasteiger partial charge in [0.15, 0.2) is 5.78 Å². The van der Waals surface area contributed by atoms with E-state index in [1.807, 2.05) is 19.9 Å². The fourth-order valence-corrected chi connectivity index (χ4v) is 13.0. The first-order valence-electron chi connectivity index (χ1n) is 29.3. The molecular weight excluding hydrogens is 1070 g/mol. The van der Waals surface area contributed by atoms with Gasteiger partial charge in [-0.2, -0.15) is 0 Å². The Morgan fingerprint density at radius 1 is 0.867 bits per heavy atom. The van der Waals surface area contributed by atoms with E-state index in [0.717, 1.165) is 9.47 Å². The normalized spacial score (nSPS) is 36.6. The highest BCUT2D eigenvalue weighted by Gasteiger charge is 2.54. The number of aliphatic hydroxyl groups excluding tert-OH is 2. The minimum Gasteiger partial charge on any atom is -0.479 e. The molecule has 2 unspecified atom stereocenters. The van der Waals surface area contributed by atoms with Gasteiger partial charge in [0, 0.05) is 58.5 Å². The van der Waals surface area contributed by atoms with E-state index in [2.05, 4.69) is 5.16 Å². The number of carbonyl (C=O) groups is 5. The number of esters is 1. The second-order valence-electron chi connectivity index (χ2n) is 24.0. The lowest BCUT2D eigenvalue weighted by atomic mass is 9.78. The summed E-state index contributed by atoms with van der Waals surface area (Å²) in [6.45, 7) is 11.4. The zero-order valence-electron chi connectivity index (χ0n) is 49.7. The quantitative estimate of drug-likeness (QED) is 0.103. The summed E-state index contributed by atoms with van der Waals surface area (Å²) in [6.07, 6.45) is 6.12. The highest BCUT2D eigenvalue weighted by molar-refractivity contribution is 6.39. The number of allylic oxidation sites excluding steroid dienone is 4. The molecule has 6 aliphatic rings. The Morgan fingerprint density at radius 2 is 1.59 bits per heavy atom. The average Bonchev–Trinajstić information content (AvgIpc) is 2.41. The number of aromatic nitrogens is 3. The number of nitrogens with zero attached hydrogens (tertiary/aromatic N) is 5. The molecule has 3 fully saturated rings. The molecule has 458 valence electrons. The van der Waals surface area contributed by atoms with E-state index in [0.29, 0.717) is 62.6 Å². The van der Waals surface area contributed by atoms with Gasteiger partial charge in [-0.05, 0) is 114 Å². The van der Waals surface area contributed by atoms with Crippen LogP contribution in [-0.2, 0) is 58.0 Å². The maximum Gasteiger partial charge on any atom is 0.352 e. The number of para-hydroxylation sites is 1. The summed E-state index contributed by atoms with van der Waals surface area (Å²) in [5.74, 6) is -10.5. The van der Waals surface area contributed by atoms with E-state index in [9.17, 15) is 54.0 Å². The Kier molecular flexibility index (Phi) is 21.7. The predicted octanol–water partition coefficient (Wildman–Crippen LogP) is 5.21. The van der Waals surface area contributed by atoms with Crippen molar-refractivity contribution in [2.24, 2.45) is 40.7 Å². The number of aliphatic hydroxyl groups is 3.